The zero-order valence-corrected chi connectivity index (χ0v) is 20.6. The average Bonchev–Trinajstić information content (AvgIpc) is 3.35. The van der Waals surface area contributed by atoms with Crippen molar-refractivity contribution in [3.8, 4) is 17.2 Å². The van der Waals surface area contributed by atoms with Gasteiger partial charge in [-0.05, 0) is 48.9 Å². The van der Waals surface area contributed by atoms with Crippen molar-refractivity contribution in [2.24, 2.45) is 5.73 Å². The first-order valence-corrected chi connectivity index (χ1v) is 11.7. The number of nitrogens with two attached hydrogens (primary N) is 1. The maximum Gasteiger partial charge on any atom is 0.433 e. The van der Waals surface area contributed by atoms with E-state index in [4.69, 9.17) is 20.0 Å². The standard InChI is InChI=1S/C26H26F3N5O4/c1-14(30)23-22(24(36)32-13-15-4-3-5-16(12-15)31-10-11-35)34-25(38-23)18-6-8-19(37-2)21-17(18)7-9-20(33-21)26(27,28)29/h3-9,12,14,31,35H,10-11,13,30H2,1-2H3,(H,32,36)/t14-/m0/s1. The molecule has 0 aliphatic heterocycles. The molecule has 12 heteroatoms. The minimum absolute atomic E-state index is 0.00635. The second kappa shape index (κ2) is 11.1. The number of nitrogens with one attached hydrogen (secondary N) is 2. The number of anilines is 1. The number of amides is 1. The highest BCUT2D eigenvalue weighted by atomic mass is 19.4. The molecule has 0 saturated carbocycles. The number of aliphatic hydroxyl groups is 1. The van der Waals surface area contributed by atoms with Gasteiger partial charge in [0.25, 0.3) is 5.91 Å². The first-order valence-electron chi connectivity index (χ1n) is 11.7. The van der Waals surface area contributed by atoms with Crippen LogP contribution < -0.4 is 21.1 Å². The summed E-state index contributed by atoms with van der Waals surface area (Å²) in [4.78, 5) is 21.2. The van der Waals surface area contributed by atoms with Crippen LogP contribution >= 0.6 is 0 Å². The molecule has 2 aromatic carbocycles. The summed E-state index contributed by atoms with van der Waals surface area (Å²) in [5.41, 5.74) is 6.83. The second-order valence-corrected chi connectivity index (χ2v) is 8.46. The Labute approximate surface area is 215 Å². The van der Waals surface area contributed by atoms with Gasteiger partial charge >= 0.3 is 6.18 Å². The highest BCUT2D eigenvalue weighted by molar-refractivity contribution is 5.98. The largest absolute Gasteiger partial charge is 0.494 e. The zero-order valence-electron chi connectivity index (χ0n) is 20.6. The molecule has 200 valence electrons. The fourth-order valence-electron chi connectivity index (χ4n) is 3.88. The Hall–Kier alpha value is -4.16. The van der Waals surface area contributed by atoms with Gasteiger partial charge in [-0.15, -0.1) is 0 Å². The van der Waals surface area contributed by atoms with Gasteiger partial charge in [0.2, 0.25) is 5.89 Å². The number of hydrogen-bond acceptors (Lipinski definition) is 8. The molecule has 0 radical (unpaired) electrons. The molecule has 1 amide bonds. The molecule has 1 atom stereocenters. The van der Waals surface area contributed by atoms with Gasteiger partial charge in [0.15, 0.2) is 11.5 Å². The SMILES string of the molecule is COc1ccc(-c2nc(C(=O)NCc3cccc(NCCO)c3)c([C@H](C)N)o2)c2ccc(C(F)(F)F)nc12. The maximum atomic E-state index is 13.3. The van der Waals surface area contributed by atoms with E-state index < -0.39 is 23.8 Å². The number of alkyl halides is 3. The van der Waals surface area contributed by atoms with Crippen molar-refractivity contribution in [3.05, 3.63) is 71.2 Å². The summed E-state index contributed by atoms with van der Waals surface area (Å²) in [7, 11) is 1.33. The number of benzene rings is 2. The van der Waals surface area contributed by atoms with Gasteiger partial charge in [-0.2, -0.15) is 13.2 Å². The van der Waals surface area contributed by atoms with E-state index in [9.17, 15) is 18.0 Å². The second-order valence-electron chi connectivity index (χ2n) is 8.46. The predicted molar refractivity (Wildman–Crippen MR) is 135 cm³/mol. The van der Waals surface area contributed by atoms with Crippen LogP contribution in [0.15, 0.2) is 52.9 Å². The summed E-state index contributed by atoms with van der Waals surface area (Å²) >= 11 is 0. The number of pyridine rings is 1. The summed E-state index contributed by atoms with van der Waals surface area (Å²) in [6.07, 6.45) is -4.64. The monoisotopic (exact) mass is 529 g/mol. The first kappa shape index (κ1) is 26.9. The van der Waals surface area contributed by atoms with Crippen molar-refractivity contribution in [2.75, 3.05) is 25.6 Å². The number of methoxy groups -OCH3 is 1. The fraction of sp³-hybridized carbons (Fsp3) is 0.269. The summed E-state index contributed by atoms with van der Waals surface area (Å²) in [5, 5.41) is 15.1. The number of fused-ring (bicyclic) bond motifs is 1. The number of carbonyl (C=O) groups excluding carboxylic acids is 1. The van der Waals surface area contributed by atoms with Crippen LogP contribution in [-0.4, -0.2) is 41.2 Å². The van der Waals surface area contributed by atoms with E-state index in [0.29, 0.717) is 17.5 Å². The molecule has 2 aromatic heterocycles. The number of hydrogen-bond donors (Lipinski definition) is 4. The van der Waals surface area contributed by atoms with Crippen LogP contribution in [0.1, 0.15) is 40.5 Å². The highest BCUT2D eigenvalue weighted by Gasteiger charge is 2.33. The van der Waals surface area contributed by atoms with E-state index in [0.717, 1.165) is 17.3 Å². The Bertz CT molecular complexity index is 1450. The minimum Gasteiger partial charge on any atom is -0.494 e. The van der Waals surface area contributed by atoms with E-state index in [-0.39, 0.29) is 41.8 Å². The molecule has 5 N–H and O–H groups in total. The third kappa shape index (κ3) is 5.71. The molecule has 0 aliphatic rings. The van der Waals surface area contributed by atoms with E-state index in [1.54, 1.807) is 13.0 Å². The minimum atomic E-state index is -4.64. The van der Waals surface area contributed by atoms with E-state index >= 15 is 0 Å². The quantitative estimate of drug-likeness (QED) is 0.252. The number of nitrogens with zero attached hydrogens (tertiary/aromatic N) is 2. The molecule has 0 bridgehead atoms. The molecule has 0 unspecified atom stereocenters. The zero-order chi connectivity index (χ0) is 27.4. The lowest BCUT2D eigenvalue weighted by Crippen LogP contribution is -2.25. The van der Waals surface area contributed by atoms with Crippen molar-refractivity contribution in [3.63, 3.8) is 0 Å². The Balaban J connectivity index is 1.66. The molecule has 0 spiro atoms. The Morgan fingerprint density at radius 2 is 1.97 bits per heavy atom. The Morgan fingerprint density at radius 3 is 2.66 bits per heavy atom. The van der Waals surface area contributed by atoms with E-state index in [2.05, 4.69) is 20.6 Å². The van der Waals surface area contributed by atoms with Crippen molar-refractivity contribution in [1.82, 2.24) is 15.3 Å². The topological polar surface area (TPSA) is 136 Å². The normalized spacial score (nSPS) is 12.4. The molecule has 0 aliphatic carbocycles. The Morgan fingerprint density at radius 1 is 1.18 bits per heavy atom. The summed E-state index contributed by atoms with van der Waals surface area (Å²) in [5.74, 6) is -0.259. The third-order valence-corrected chi connectivity index (χ3v) is 5.66. The number of aromatic nitrogens is 2. The van der Waals surface area contributed by atoms with Crippen molar-refractivity contribution in [1.29, 1.82) is 0 Å². The summed E-state index contributed by atoms with van der Waals surface area (Å²) in [6.45, 7) is 2.19. The van der Waals surface area contributed by atoms with Gasteiger partial charge in [0, 0.05) is 29.7 Å². The number of aliphatic hydroxyl groups excluding tert-OH is 1. The predicted octanol–water partition coefficient (Wildman–Crippen LogP) is 4.27. The smallest absolute Gasteiger partial charge is 0.433 e. The van der Waals surface area contributed by atoms with Crippen LogP contribution in [0.2, 0.25) is 0 Å². The molecule has 2 heterocycles. The van der Waals surface area contributed by atoms with Crippen LogP contribution in [0.5, 0.6) is 5.75 Å². The average molecular weight is 530 g/mol. The van der Waals surface area contributed by atoms with Crippen LogP contribution in [0.25, 0.3) is 22.4 Å². The third-order valence-electron chi connectivity index (χ3n) is 5.66. The fourth-order valence-corrected chi connectivity index (χ4v) is 3.88. The molecule has 9 nitrogen and oxygen atoms in total. The van der Waals surface area contributed by atoms with Crippen molar-refractivity contribution < 1.29 is 32.2 Å². The van der Waals surface area contributed by atoms with Gasteiger partial charge in [-0.25, -0.2) is 9.97 Å². The lowest BCUT2D eigenvalue weighted by Gasteiger charge is -2.11. The lowest BCUT2D eigenvalue weighted by atomic mass is 10.1. The lowest BCUT2D eigenvalue weighted by molar-refractivity contribution is -0.140. The van der Waals surface area contributed by atoms with Crippen LogP contribution in [0, 0.1) is 0 Å². The van der Waals surface area contributed by atoms with E-state index in [1.165, 1.54) is 19.2 Å². The molecular weight excluding hydrogens is 503 g/mol. The number of halogens is 3. The van der Waals surface area contributed by atoms with Gasteiger partial charge in [0.1, 0.15) is 17.0 Å². The summed E-state index contributed by atoms with van der Waals surface area (Å²) < 4.78 is 50.9. The molecule has 0 saturated heterocycles. The van der Waals surface area contributed by atoms with E-state index in [1.807, 2.05) is 24.3 Å². The number of rotatable bonds is 9. The van der Waals surface area contributed by atoms with Gasteiger partial charge in [0.05, 0.1) is 19.8 Å². The summed E-state index contributed by atoms with van der Waals surface area (Å²) in [6, 6.07) is 11.8. The highest BCUT2D eigenvalue weighted by Crippen LogP contribution is 2.37. The first-order chi connectivity index (χ1) is 18.1. The van der Waals surface area contributed by atoms with Crippen LogP contribution in [0.4, 0.5) is 18.9 Å². The molecule has 0 fully saturated rings. The maximum absolute atomic E-state index is 13.3. The van der Waals surface area contributed by atoms with Crippen LogP contribution in [-0.2, 0) is 12.7 Å². The number of carbonyl (C=O) groups is 1. The van der Waals surface area contributed by atoms with Crippen molar-refractivity contribution >= 4 is 22.5 Å². The number of ether oxygens (including phenoxy) is 1. The Kier molecular flexibility index (Phi) is 7.83. The van der Waals surface area contributed by atoms with Crippen LogP contribution in [0.3, 0.4) is 0 Å². The number of oxazole rings is 1. The molecule has 4 rings (SSSR count). The van der Waals surface area contributed by atoms with Gasteiger partial charge in [-0.3, -0.25) is 4.79 Å². The van der Waals surface area contributed by atoms with Crippen molar-refractivity contribution in [2.45, 2.75) is 25.7 Å². The molecule has 4 aromatic rings. The molecule has 38 heavy (non-hydrogen) atoms. The van der Waals surface area contributed by atoms with Gasteiger partial charge < -0.3 is 30.6 Å². The molecular formula is C26H26F3N5O4. The van der Waals surface area contributed by atoms with Gasteiger partial charge in [-0.1, -0.05) is 12.1 Å².